The van der Waals surface area contributed by atoms with Gasteiger partial charge in [-0.05, 0) is 38.8 Å². The molecule has 6 heteroatoms. The third-order valence-electron chi connectivity index (χ3n) is 4.70. The Kier molecular flexibility index (Phi) is 4.68. The van der Waals surface area contributed by atoms with Crippen molar-refractivity contribution in [3.8, 4) is 11.4 Å². The highest BCUT2D eigenvalue weighted by Gasteiger charge is 2.31. The van der Waals surface area contributed by atoms with Crippen molar-refractivity contribution in [2.45, 2.75) is 43.5 Å². The molecule has 3 aromatic rings. The molecule has 0 spiro atoms. The van der Waals surface area contributed by atoms with E-state index < -0.39 is 0 Å². The number of benzene rings is 1. The number of thioether (sulfide) groups is 1. The summed E-state index contributed by atoms with van der Waals surface area (Å²) < 4.78 is 7.72. The molecule has 1 saturated carbocycles. The lowest BCUT2D eigenvalue weighted by molar-refractivity contribution is 0.407. The minimum atomic E-state index is 0.538. The van der Waals surface area contributed by atoms with Crippen molar-refractivity contribution in [2.75, 3.05) is 7.11 Å². The number of rotatable bonds is 6. The van der Waals surface area contributed by atoms with E-state index in [0.717, 1.165) is 45.0 Å². The molecule has 0 bridgehead atoms. The van der Waals surface area contributed by atoms with E-state index in [4.69, 9.17) is 4.74 Å². The number of aryl methyl sites for hydroxylation is 1. The van der Waals surface area contributed by atoms with Crippen LogP contribution in [0.3, 0.4) is 0 Å². The molecule has 1 aromatic carbocycles. The quantitative estimate of drug-likeness (QED) is 0.603. The lowest BCUT2D eigenvalue weighted by atomic mass is 10.1. The first-order valence-corrected chi connectivity index (χ1v) is 9.80. The number of para-hydroxylation sites is 1. The maximum atomic E-state index is 5.52. The highest BCUT2D eigenvalue weighted by atomic mass is 32.2. The summed E-state index contributed by atoms with van der Waals surface area (Å²) in [5.41, 5.74) is 4.29. The van der Waals surface area contributed by atoms with E-state index in [1.54, 1.807) is 18.9 Å². The number of pyridine rings is 1. The summed E-state index contributed by atoms with van der Waals surface area (Å²) >= 11 is 1.67. The Labute approximate surface area is 157 Å². The SMILES string of the molecule is COc1c(C)cnc(CSc2nnc(C3CC3)n2-c2ccccc2)c1C. The van der Waals surface area contributed by atoms with Crippen molar-refractivity contribution in [1.29, 1.82) is 0 Å². The molecule has 0 radical (unpaired) electrons. The van der Waals surface area contributed by atoms with Gasteiger partial charge >= 0.3 is 0 Å². The number of hydrogen-bond donors (Lipinski definition) is 0. The van der Waals surface area contributed by atoms with E-state index >= 15 is 0 Å². The average Bonchev–Trinajstić information content (AvgIpc) is 3.42. The summed E-state index contributed by atoms with van der Waals surface area (Å²) in [6.07, 6.45) is 4.27. The summed E-state index contributed by atoms with van der Waals surface area (Å²) in [4.78, 5) is 4.60. The van der Waals surface area contributed by atoms with Crippen LogP contribution in [0.5, 0.6) is 5.75 Å². The molecule has 0 aliphatic heterocycles. The fourth-order valence-corrected chi connectivity index (χ4v) is 4.13. The highest BCUT2D eigenvalue weighted by Crippen LogP contribution is 2.41. The Hall–Kier alpha value is -2.34. The minimum Gasteiger partial charge on any atom is -0.496 e. The molecule has 0 atom stereocenters. The Morgan fingerprint density at radius 3 is 2.62 bits per heavy atom. The van der Waals surface area contributed by atoms with Gasteiger partial charge in [-0.25, -0.2) is 0 Å². The molecule has 1 aliphatic carbocycles. The Morgan fingerprint density at radius 1 is 1.15 bits per heavy atom. The summed E-state index contributed by atoms with van der Waals surface area (Å²) in [5, 5.41) is 9.88. The molecule has 0 amide bonds. The summed E-state index contributed by atoms with van der Waals surface area (Å²) in [6.45, 7) is 4.08. The maximum Gasteiger partial charge on any atom is 0.196 e. The lowest BCUT2D eigenvalue weighted by Crippen LogP contribution is -2.02. The zero-order valence-corrected chi connectivity index (χ0v) is 16.1. The fraction of sp³-hybridized carbons (Fsp3) is 0.350. The first-order chi connectivity index (χ1) is 12.7. The third kappa shape index (κ3) is 3.21. The monoisotopic (exact) mass is 366 g/mol. The molecule has 1 aliphatic rings. The van der Waals surface area contributed by atoms with Gasteiger partial charge < -0.3 is 4.74 Å². The lowest BCUT2D eigenvalue weighted by Gasteiger charge is -2.13. The zero-order valence-electron chi connectivity index (χ0n) is 15.3. The standard InChI is InChI=1S/C20H22N4OS/c1-13-11-21-17(14(2)18(13)25-3)12-26-20-23-22-19(15-9-10-15)24(20)16-7-5-4-6-8-16/h4-8,11,15H,9-10,12H2,1-3H3. The van der Waals surface area contributed by atoms with Crippen molar-refractivity contribution in [2.24, 2.45) is 0 Å². The molecule has 134 valence electrons. The Bertz CT molecular complexity index is 919. The molecule has 2 heterocycles. The van der Waals surface area contributed by atoms with Gasteiger partial charge in [0.15, 0.2) is 5.16 Å². The first kappa shape index (κ1) is 17.1. The molecule has 5 nitrogen and oxygen atoms in total. The highest BCUT2D eigenvalue weighted by molar-refractivity contribution is 7.98. The van der Waals surface area contributed by atoms with E-state index in [1.807, 2.05) is 19.2 Å². The van der Waals surface area contributed by atoms with Gasteiger partial charge in [-0.3, -0.25) is 9.55 Å². The molecule has 0 unspecified atom stereocenters. The van der Waals surface area contributed by atoms with Crippen LogP contribution in [-0.4, -0.2) is 26.9 Å². The van der Waals surface area contributed by atoms with Gasteiger partial charge in [0, 0.05) is 34.7 Å². The predicted octanol–water partition coefficient (Wildman–Crippen LogP) is 4.46. The van der Waals surface area contributed by atoms with Gasteiger partial charge in [0.1, 0.15) is 11.6 Å². The fourth-order valence-electron chi connectivity index (χ4n) is 3.15. The van der Waals surface area contributed by atoms with Crippen molar-refractivity contribution in [3.05, 3.63) is 59.2 Å². The van der Waals surface area contributed by atoms with Crippen molar-refractivity contribution < 1.29 is 4.74 Å². The normalized spacial score (nSPS) is 13.8. The maximum absolute atomic E-state index is 5.52. The van der Waals surface area contributed by atoms with Crippen LogP contribution in [0, 0.1) is 13.8 Å². The Morgan fingerprint density at radius 2 is 1.92 bits per heavy atom. The molecule has 26 heavy (non-hydrogen) atoms. The van der Waals surface area contributed by atoms with Crippen LogP contribution < -0.4 is 4.74 Å². The van der Waals surface area contributed by atoms with E-state index in [2.05, 4.69) is 50.9 Å². The van der Waals surface area contributed by atoms with E-state index in [1.165, 1.54) is 12.8 Å². The van der Waals surface area contributed by atoms with Crippen LogP contribution in [-0.2, 0) is 5.75 Å². The van der Waals surface area contributed by atoms with Crippen LogP contribution in [0.1, 0.15) is 41.4 Å². The molecule has 1 fully saturated rings. The van der Waals surface area contributed by atoms with Gasteiger partial charge in [0.2, 0.25) is 0 Å². The van der Waals surface area contributed by atoms with Gasteiger partial charge in [-0.2, -0.15) is 0 Å². The van der Waals surface area contributed by atoms with E-state index in [9.17, 15) is 0 Å². The molecule has 4 rings (SSSR count). The largest absolute Gasteiger partial charge is 0.496 e. The van der Waals surface area contributed by atoms with E-state index in [0.29, 0.717) is 5.92 Å². The van der Waals surface area contributed by atoms with Gasteiger partial charge in [-0.1, -0.05) is 30.0 Å². The molecular formula is C20H22N4OS. The molecular weight excluding hydrogens is 344 g/mol. The van der Waals surface area contributed by atoms with Crippen LogP contribution in [0.25, 0.3) is 5.69 Å². The summed E-state index contributed by atoms with van der Waals surface area (Å²) in [7, 11) is 1.71. The zero-order chi connectivity index (χ0) is 18.1. The van der Waals surface area contributed by atoms with Crippen LogP contribution in [0.4, 0.5) is 0 Å². The molecule has 0 saturated heterocycles. The number of aromatic nitrogens is 4. The molecule has 2 aromatic heterocycles. The van der Waals surface area contributed by atoms with Crippen molar-refractivity contribution in [1.82, 2.24) is 19.7 Å². The first-order valence-electron chi connectivity index (χ1n) is 8.81. The Balaban J connectivity index is 1.64. The van der Waals surface area contributed by atoms with Crippen LogP contribution in [0.15, 0.2) is 41.7 Å². The summed E-state index contributed by atoms with van der Waals surface area (Å²) in [5.74, 6) is 3.26. The number of nitrogens with zero attached hydrogens (tertiary/aromatic N) is 4. The van der Waals surface area contributed by atoms with Crippen molar-refractivity contribution >= 4 is 11.8 Å². The van der Waals surface area contributed by atoms with Crippen LogP contribution >= 0.6 is 11.8 Å². The van der Waals surface area contributed by atoms with Crippen molar-refractivity contribution in [3.63, 3.8) is 0 Å². The summed E-state index contributed by atoms with van der Waals surface area (Å²) in [6, 6.07) is 10.4. The number of hydrogen-bond acceptors (Lipinski definition) is 5. The second-order valence-electron chi connectivity index (χ2n) is 6.62. The van der Waals surface area contributed by atoms with Gasteiger partial charge in [-0.15, -0.1) is 10.2 Å². The topological polar surface area (TPSA) is 52.8 Å². The number of ether oxygens (including phenoxy) is 1. The van der Waals surface area contributed by atoms with Gasteiger partial charge in [0.25, 0.3) is 0 Å². The van der Waals surface area contributed by atoms with Crippen LogP contribution in [0.2, 0.25) is 0 Å². The second kappa shape index (κ2) is 7.11. The predicted molar refractivity (Wildman–Crippen MR) is 103 cm³/mol. The average molecular weight is 366 g/mol. The smallest absolute Gasteiger partial charge is 0.196 e. The second-order valence-corrected chi connectivity index (χ2v) is 7.56. The number of methoxy groups -OCH3 is 1. The minimum absolute atomic E-state index is 0.538. The van der Waals surface area contributed by atoms with Gasteiger partial charge in [0.05, 0.1) is 12.8 Å². The van der Waals surface area contributed by atoms with E-state index in [-0.39, 0.29) is 0 Å². The third-order valence-corrected chi connectivity index (χ3v) is 5.64. The molecule has 0 N–H and O–H groups in total.